The van der Waals surface area contributed by atoms with Crippen LogP contribution in [0.25, 0.3) is 11.4 Å². The molecule has 1 aromatic heterocycles. The van der Waals surface area contributed by atoms with E-state index in [2.05, 4.69) is 30.6 Å². The van der Waals surface area contributed by atoms with Crippen LogP contribution in [0, 0.1) is 0 Å². The monoisotopic (exact) mass is 294 g/mol. The molecule has 0 unspecified atom stereocenters. The molecular formula is C11H7BrN2O3. The van der Waals surface area contributed by atoms with Gasteiger partial charge in [-0.1, -0.05) is 28.1 Å². The minimum atomic E-state index is -1.39. The van der Waals surface area contributed by atoms with Crippen LogP contribution in [0.2, 0.25) is 0 Å². The number of carboxylic acid groups (broad SMARTS) is 1. The van der Waals surface area contributed by atoms with E-state index in [-0.39, 0.29) is 5.75 Å². The van der Waals surface area contributed by atoms with Crippen molar-refractivity contribution in [1.29, 1.82) is 0 Å². The molecule has 0 atom stereocenters. The third kappa shape index (κ3) is 3.01. The number of aromatic nitrogens is 2. The average Bonchev–Trinajstić information content (AvgIpc) is 2.29. The SMILES string of the molecule is O=C(O)Oc1cnc(-c2cccc(Br)c2)nc1. The number of rotatable bonds is 2. The summed E-state index contributed by atoms with van der Waals surface area (Å²) in [7, 11) is 0. The largest absolute Gasteiger partial charge is 0.511 e. The van der Waals surface area contributed by atoms with E-state index in [1.54, 1.807) is 0 Å². The number of carbonyl (C=O) groups is 1. The second kappa shape index (κ2) is 4.92. The van der Waals surface area contributed by atoms with Gasteiger partial charge in [-0.25, -0.2) is 14.8 Å². The van der Waals surface area contributed by atoms with Crippen LogP contribution in [0.5, 0.6) is 5.75 Å². The van der Waals surface area contributed by atoms with Gasteiger partial charge in [0.1, 0.15) is 0 Å². The maximum atomic E-state index is 10.3. The first-order chi connectivity index (χ1) is 8.15. The molecule has 0 radical (unpaired) electrons. The average molecular weight is 295 g/mol. The molecular weight excluding hydrogens is 288 g/mol. The first-order valence-corrected chi connectivity index (χ1v) is 5.43. The van der Waals surface area contributed by atoms with Gasteiger partial charge in [0, 0.05) is 10.0 Å². The highest BCUT2D eigenvalue weighted by Gasteiger charge is 2.04. The van der Waals surface area contributed by atoms with Gasteiger partial charge in [-0.2, -0.15) is 0 Å². The van der Waals surface area contributed by atoms with E-state index in [1.807, 2.05) is 24.3 Å². The van der Waals surface area contributed by atoms with Crippen LogP contribution in [0.4, 0.5) is 4.79 Å². The van der Waals surface area contributed by atoms with E-state index in [4.69, 9.17) is 5.11 Å². The third-order valence-electron chi connectivity index (χ3n) is 1.92. The smallest absolute Gasteiger partial charge is 0.449 e. The van der Waals surface area contributed by atoms with Gasteiger partial charge in [0.15, 0.2) is 11.6 Å². The molecule has 6 heteroatoms. The quantitative estimate of drug-likeness (QED) is 0.862. The molecule has 0 amide bonds. The highest BCUT2D eigenvalue weighted by molar-refractivity contribution is 9.10. The first-order valence-electron chi connectivity index (χ1n) is 4.64. The first kappa shape index (κ1) is 11.5. The van der Waals surface area contributed by atoms with Crippen molar-refractivity contribution >= 4 is 22.1 Å². The highest BCUT2D eigenvalue weighted by Crippen LogP contribution is 2.20. The lowest BCUT2D eigenvalue weighted by Gasteiger charge is -2.02. The van der Waals surface area contributed by atoms with E-state index in [0.29, 0.717) is 5.82 Å². The van der Waals surface area contributed by atoms with Gasteiger partial charge in [-0.05, 0) is 12.1 Å². The van der Waals surface area contributed by atoms with Gasteiger partial charge in [0.25, 0.3) is 0 Å². The molecule has 1 N–H and O–H groups in total. The van der Waals surface area contributed by atoms with Crippen LogP contribution in [0.3, 0.4) is 0 Å². The van der Waals surface area contributed by atoms with Crippen molar-refractivity contribution in [2.24, 2.45) is 0 Å². The Balaban J connectivity index is 2.26. The number of benzene rings is 1. The summed E-state index contributed by atoms with van der Waals surface area (Å²) in [6.07, 6.45) is 1.25. The van der Waals surface area contributed by atoms with E-state index in [9.17, 15) is 4.79 Å². The highest BCUT2D eigenvalue weighted by atomic mass is 79.9. The lowest BCUT2D eigenvalue weighted by atomic mass is 10.2. The topological polar surface area (TPSA) is 72.3 Å². The van der Waals surface area contributed by atoms with Crippen molar-refractivity contribution < 1.29 is 14.6 Å². The normalized spacial score (nSPS) is 9.94. The molecule has 0 spiro atoms. The summed E-state index contributed by atoms with van der Waals surface area (Å²) >= 11 is 3.35. The molecule has 5 nitrogen and oxygen atoms in total. The Hall–Kier alpha value is -1.95. The summed E-state index contributed by atoms with van der Waals surface area (Å²) in [6.45, 7) is 0. The van der Waals surface area contributed by atoms with E-state index < -0.39 is 6.16 Å². The Labute approximate surface area is 105 Å². The minimum Gasteiger partial charge on any atom is -0.449 e. The maximum absolute atomic E-state index is 10.3. The van der Waals surface area contributed by atoms with Crippen molar-refractivity contribution in [2.45, 2.75) is 0 Å². The van der Waals surface area contributed by atoms with Crippen molar-refractivity contribution in [3.05, 3.63) is 41.1 Å². The Morgan fingerprint density at radius 3 is 2.59 bits per heavy atom. The van der Waals surface area contributed by atoms with Crippen molar-refractivity contribution in [3.8, 4) is 17.1 Å². The van der Waals surface area contributed by atoms with Crippen LogP contribution in [0.15, 0.2) is 41.1 Å². The predicted octanol–water partition coefficient (Wildman–Crippen LogP) is 2.96. The molecule has 86 valence electrons. The summed E-state index contributed by atoms with van der Waals surface area (Å²) < 4.78 is 5.33. The summed E-state index contributed by atoms with van der Waals surface area (Å²) in [5, 5.41) is 8.41. The molecule has 2 aromatic rings. The zero-order valence-corrected chi connectivity index (χ0v) is 10.1. The number of nitrogens with zero attached hydrogens (tertiary/aromatic N) is 2. The molecule has 0 fully saturated rings. The number of halogens is 1. The molecule has 0 aliphatic rings. The van der Waals surface area contributed by atoms with Crippen molar-refractivity contribution in [3.63, 3.8) is 0 Å². The Kier molecular flexibility index (Phi) is 3.34. The van der Waals surface area contributed by atoms with Gasteiger partial charge in [-0.15, -0.1) is 0 Å². The Morgan fingerprint density at radius 1 is 1.29 bits per heavy atom. The van der Waals surface area contributed by atoms with Gasteiger partial charge in [0.2, 0.25) is 0 Å². The van der Waals surface area contributed by atoms with Gasteiger partial charge in [0.05, 0.1) is 12.4 Å². The zero-order valence-electron chi connectivity index (χ0n) is 8.50. The van der Waals surface area contributed by atoms with Gasteiger partial charge >= 0.3 is 6.16 Å². The van der Waals surface area contributed by atoms with E-state index in [0.717, 1.165) is 10.0 Å². The van der Waals surface area contributed by atoms with Gasteiger partial charge < -0.3 is 9.84 Å². The molecule has 0 saturated heterocycles. The fourth-order valence-corrected chi connectivity index (χ4v) is 1.65. The van der Waals surface area contributed by atoms with E-state index >= 15 is 0 Å². The van der Waals surface area contributed by atoms with Crippen molar-refractivity contribution in [2.75, 3.05) is 0 Å². The summed E-state index contributed by atoms with van der Waals surface area (Å²) in [5.41, 5.74) is 0.834. The Bertz CT molecular complexity index is 543. The molecule has 0 saturated carbocycles. The molecule has 0 aliphatic carbocycles. The zero-order chi connectivity index (χ0) is 12.3. The molecule has 0 aliphatic heterocycles. The van der Waals surface area contributed by atoms with Crippen LogP contribution in [-0.4, -0.2) is 21.2 Å². The molecule has 1 aromatic carbocycles. The Morgan fingerprint density at radius 2 is 2.00 bits per heavy atom. The van der Waals surface area contributed by atoms with Gasteiger partial charge in [-0.3, -0.25) is 0 Å². The molecule has 17 heavy (non-hydrogen) atoms. The second-order valence-corrected chi connectivity index (χ2v) is 4.04. The molecule has 0 bridgehead atoms. The number of hydrogen-bond donors (Lipinski definition) is 1. The number of hydrogen-bond acceptors (Lipinski definition) is 4. The summed E-state index contributed by atoms with van der Waals surface area (Å²) in [4.78, 5) is 18.3. The molecule has 1 heterocycles. The third-order valence-corrected chi connectivity index (χ3v) is 2.41. The van der Waals surface area contributed by atoms with Crippen LogP contribution >= 0.6 is 15.9 Å². The standard InChI is InChI=1S/C11H7BrN2O3/c12-8-3-1-2-7(4-8)10-13-5-9(6-14-10)17-11(15)16/h1-6H,(H,15,16). The van der Waals surface area contributed by atoms with E-state index in [1.165, 1.54) is 12.4 Å². The summed E-state index contributed by atoms with van der Waals surface area (Å²) in [5.74, 6) is 0.597. The van der Waals surface area contributed by atoms with Crippen LogP contribution < -0.4 is 4.74 Å². The minimum absolute atomic E-state index is 0.0937. The second-order valence-electron chi connectivity index (χ2n) is 3.12. The van der Waals surface area contributed by atoms with Crippen LogP contribution in [0.1, 0.15) is 0 Å². The number of ether oxygens (including phenoxy) is 1. The van der Waals surface area contributed by atoms with Crippen LogP contribution in [-0.2, 0) is 0 Å². The van der Waals surface area contributed by atoms with Crippen molar-refractivity contribution in [1.82, 2.24) is 9.97 Å². The molecule has 2 rings (SSSR count). The fourth-order valence-electron chi connectivity index (χ4n) is 1.25. The lowest BCUT2D eigenvalue weighted by molar-refractivity contribution is 0.144. The predicted molar refractivity (Wildman–Crippen MR) is 63.8 cm³/mol. The maximum Gasteiger partial charge on any atom is 0.511 e. The fraction of sp³-hybridized carbons (Fsp3) is 0. The summed E-state index contributed by atoms with van der Waals surface area (Å²) in [6, 6.07) is 7.49. The lowest BCUT2D eigenvalue weighted by Crippen LogP contribution is -2.03.